The van der Waals surface area contributed by atoms with Gasteiger partial charge in [-0.25, -0.2) is 24.0 Å². The maximum absolute atomic E-state index is 14.8. The number of nitrogens with one attached hydrogen (secondary N) is 6. The number of urea groups is 1. The second-order valence-corrected chi connectivity index (χ2v) is 28.7. The van der Waals surface area contributed by atoms with Gasteiger partial charge < -0.3 is 82.7 Å². The lowest BCUT2D eigenvalue weighted by atomic mass is 9.76. The fourth-order valence-electron chi connectivity index (χ4n) is 12.0. The molecule has 1 heterocycles. The molecule has 0 bridgehead atoms. The van der Waals surface area contributed by atoms with E-state index in [4.69, 9.17) is 32.5 Å². The van der Waals surface area contributed by atoms with Crippen LogP contribution in [0.15, 0.2) is 71.8 Å². The number of nitrogens with zero attached hydrogens (tertiary/aromatic N) is 4. The van der Waals surface area contributed by atoms with Gasteiger partial charge in [0.15, 0.2) is 6.10 Å². The van der Waals surface area contributed by atoms with Crippen molar-refractivity contribution in [2.24, 2.45) is 41.1 Å². The van der Waals surface area contributed by atoms with E-state index in [9.17, 15) is 67.7 Å². The van der Waals surface area contributed by atoms with Crippen molar-refractivity contribution in [1.29, 1.82) is 0 Å². The second-order valence-electron chi connectivity index (χ2n) is 28.2. The van der Waals surface area contributed by atoms with E-state index in [1.54, 1.807) is 102 Å². The van der Waals surface area contributed by atoms with E-state index >= 15 is 0 Å². The van der Waals surface area contributed by atoms with Crippen molar-refractivity contribution in [1.82, 2.24) is 46.2 Å². The lowest BCUT2D eigenvalue weighted by Gasteiger charge is -2.40. The molecule has 2 aromatic rings. The zero-order valence-corrected chi connectivity index (χ0v) is 63.2. The van der Waals surface area contributed by atoms with E-state index in [1.807, 2.05) is 20.8 Å². The van der Waals surface area contributed by atoms with Crippen LogP contribution in [0.4, 0.5) is 20.1 Å². The van der Waals surface area contributed by atoms with Gasteiger partial charge in [0.2, 0.25) is 35.4 Å². The van der Waals surface area contributed by atoms with Crippen LogP contribution >= 0.6 is 11.6 Å². The Kier molecular flexibility index (Phi) is 35.4. The molecule has 0 saturated carbocycles. The summed E-state index contributed by atoms with van der Waals surface area (Å²) in [6.07, 6.45) is 0.471. The Bertz CT molecular complexity index is 3270. The SMILES string of the molecule is C/C=C(\C)[C@H]1OC(=O)C(C)(C)NC(=O)[C@H]([C@H](C)CC)NC(=O)CN(C)C(=O)[C@@H](Cc2ccc(Cl)cc2)N(C)C(=O)[C@H](C)NC(=O)[C@@H](CC(C)C)OC(=O)/C(C)=C/C[C@H]([C@@H](CCCC[C@H](Cc2ccc(NC(=O)[C@H](CCCNC(N)=O)NC(=O)[C@@H](N)C(C)C)cc2)N(C)C(=O)O)N(C)C(=O)O)[C@@H]1C. The molecule has 0 radical (unpaired) electrons. The molecule has 29 heteroatoms. The average molecular weight is 1450 g/mol. The van der Waals surface area contributed by atoms with Crippen molar-refractivity contribution in [2.75, 3.05) is 46.6 Å². The quantitative estimate of drug-likeness (QED) is 0.0254. The average Bonchev–Trinajstić information content (AvgIpc) is 0.817. The third kappa shape index (κ3) is 27.2. The number of allylic oxidation sites excluding steroid dienone is 2. The van der Waals surface area contributed by atoms with Gasteiger partial charge in [0.1, 0.15) is 35.8 Å². The van der Waals surface area contributed by atoms with Gasteiger partial charge in [-0.15, -0.1) is 0 Å². The number of likely N-dealkylation sites (N-methyl/N-ethyl adjacent to an activating group) is 3. The molecule has 12 N–H and O–H groups in total. The minimum Gasteiger partial charge on any atom is -0.465 e. The molecule has 0 saturated heterocycles. The largest absolute Gasteiger partial charge is 0.465 e. The minimum absolute atomic E-state index is 0.0252. The number of anilines is 1. The smallest absolute Gasteiger partial charge is 0.407 e. The van der Waals surface area contributed by atoms with E-state index in [0.717, 1.165) is 9.80 Å². The Morgan fingerprint density at radius 1 is 0.814 bits per heavy atom. The van der Waals surface area contributed by atoms with Crippen molar-refractivity contribution in [3.8, 4) is 0 Å². The Balaban J connectivity index is 2.16. The number of nitrogens with two attached hydrogens (primary N) is 2. The molecular formula is C73H113ClN12O16. The number of unbranched alkanes of at least 4 members (excludes halogenated alkanes) is 1. The number of benzene rings is 2. The number of primary amides is 1. The van der Waals surface area contributed by atoms with Gasteiger partial charge in [-0.1, -0.05) is 116 Å². The summed E-state index contributed by atoms with van der Waals surface area (Å²) in [5.41, 5.74) is 11.8. The summed E-state index contributed by atoms with van der Waals surface area (Å²) >= 11 is 6.20. The Hall–Kier alpha value is -8.79. The molecule has 0 aromatic heterocycles. The highest BCUT2D eigenvalue weighted by Gasteiger charge is 2.43. The maximum Gasteiger partial charge on any atom is 0.407 e. The highest BCUT2D eigenvalue weighted by molar-refractivity contribution is 6.30. The summed E-state index contributed by atoms with van der Waals surface area (Å²) in [5.74, 6) is -8.98. The lowest BCUT2D eigenvalue weighted by Crippen LogP contribution is -2.60. The highest BCUT2D eigenvalue weighted by Crippen LogP contribution is 2.35. The van der Waals surface area contributed by atoms with Gasteiger partial charge in [0, 0.05) is 75.4 Å². The monoisotopic (exact) mass is 1450 g/mol. The maximum atomic E-state index is 14.8. The van der Waals surface area contributed by atoms with Crippen LogP contribution in [0.1, 0.15) is 159 Å². The molecule has 102 heavy (non-hydrogen) atoms. The summed E-state index contributed by atoms with van der Waals surface area (Å²) in [4.78, 5) is 169. The predicted octanol–water partition coefficient (Wildman–Crippen LogP) is 7.15. The Labute approximate surface area is 605 Å². The lowest BCUT2D eigenvalue weighted by molar-refractivity contribution is -0.159. The molecule has 0 aliphatic carbocycles. The van der Waals surface area contributed by atoms with Gasteiger partial charge in [-0.05, 0) is 151 Å². The molecule has 11 amide bonds. The molecule has 0 unspecified atom stereocenters. The van der Waals surface area contributed by atoms with Crippen LogP contribution < -0.4 is 43.4 Å². The fourth-order valence-corrected chi connectivity index (χ4v) is 12.1. The van der Waals surface area contributed by atoms with Crippen LogP contribution in [-0.4, -0.2) is 203 Å². The Morgan fingerprint density at radius 3 is 1.97 bits per heavy atom. The molecule has 1 aliphatic rings. The predicted molar refractivity (Wildman–Crippen MR) is 388 cm³/mol. The molecule has 1 aliphatic heterocycles. The number of carboxylic acid groups (broad SMARTS) is 2. The molecule has 28 nitrogen and oxygen atoms in total. The number of carbonyl (C=O) groups excluding carboxylic acids is 10. The first kappa shape index (κ1) is 87.4. The second kappa shape index (κ2) is 41.3. The van der Waals surface area contributed by atoms with Crippen molar-refractivity contribution < 1.29 is 77.2 Å². The zero-order chi connectivity index (χ0) is 77.2. The normalized spacial score (nSPS) is 22.4. The van der Waals surface area contributed by atoms with E-state index in [-0.39, 0.29) is 62.5 Å². The van der Waals surface area contributed by atoms with Crippen molar-refractivity contribution in [3.63, 3.8) is 0 Å². The van der Waals surface area contributed by atoms with Crippen molar-refractivity contribution in [3.05, 3.63) is 88.0 Å². The number of halogens is 1. The van der Waals surface area contributed by atoms with Gasteiger partial charge in [0.25, 0.3) is 5.91 Å². The van der Waals surface area contributed by atoms with E-state index in [1.165, 1.54) is 65.7 Å². The number of amides is 11. The minimum atomic E-state index is -1.77. The number of rotatable bonds is 26. The molecular weight excluding hydrogens is 1340 g/mol. The molecule has 0 spiro atoms. The zero-order valence-electron chi connectivity index (χ0n) is 62.5. The summed E-state index contributed by atoms with van der Waals surface area (Å²) < 4.78 is 12.4. The number of carbonyl (C=O) groups is 12. The van der Waals surface area contributed by atoms with Crippen molar-refractivity contribution in [2.45, 2.75) is 221 Å². The summed E-state index contributed by atoms with van der Waals surface area (Å²) in [7, 11) is 5.60. The van der Waals surface area contributed by atoms with Crippen LogP contribution in [0, 0.1) is 29.6 Å². The Morgan fingerprint density at radius 2 is 1.41 bits per heavy atom. The molecule has 2 aromatic carbocycles. The molecule has 3 rings (SSSR count). The van der Waals surface area contributed by atoms with Crippen LogP contribution in [-0.2, 0) is 65.5 Å². The van der Waals surface area contributed by atoms with Crippen molar-refractivity contribution >= 4 is 88.8 Å². The number of hydrogen-bond donors (Lipinski definition) is 10. The number of esters is 2. The van der Waals surface area contributed by atoms with Crippen LogP contribution in [0.3, 0.4) is 0 Å². The number of cyclic esters (lactones) is 2. The molecule has 12 atom stereocenters. The van der Waals surface area contributed by atoms with Crippen LogP contribution in [0.25, 0.3) is 0 Å². The first-order valence-electron chi connectivity index (χ1n) is 35.0. The molecule has 568 valence electrons. The summed E-state index contributed by atoms with van der Waals surface area (Å²) in [6.45, 7) is 21.3. The van der Waals surface area contributed by atoms with E-state index < -0.39 is 156 Å². The van der Waals surface area contributed by atoms with E-state index in [0.29, 0.717) is 59.5 Å². The van der Waals surface area contributed by atoms with Gasteiger partial charge >= 0.3 is 30.2 Å². The number of ether oxygens (including phenoxy) is 2. The van der Waals surface area contributed by atoms with Gasteiger partial charge in [-0.2, -0.15) is 0 Å². The van der Waals surface area contributed by atoms with E-state index in [2.05, 4.69) is 31.9 Å². The third-order valence-corrected chi connectivity index (χ3v) is 19.2. The summed E-state index contributed by atoms with van der Waals surface area (Å²) in [5, 5.41) is 37.8. The summed E-state index contributed by atoms with van der Waals surface area (Å²) in [6, 6.07) is 5.46. The van der Waals surface area contributed by atoms with Crippen LogP contribution in [0.2, 0.25) is 5.02 Å². The highest BCUT2D eigenvalue weighted by atomic mass is 35.5. The van der Waals surface area contributed by atoms with Crippen LogP contribution in [0.5, 0.6) is 0 Å². The number of hydrogen-bond acceptors (Lipinski definition) is 15. The van der Waals surface area contributed by atoms with Gasteiger partial charge in [-0.3, -0.25) is 33.6 Å². The molecule has 0 fully saturated rings. The first-order chi connectivity index (χ1) is 47.6. The first-order valence-corrected chi connectivity index (χ1v) is 35.3. The topological polar surface area (TPSA) is 401 Å². The van der Waals surface area contributed by atoms with Gasteiger partial charge in [0.05, 0.1) is 12.6 Å². The fraction of sp³-hybridized carbons (Fsp3) is 0.616. The standard InChI is InChI=1S/C73H113ClN12O16/c1-18-43(7)60-65(91)82-73(12,13)69(95)102-61(44(8)19-2)46(10)53(35-26-45(9)68(94)101-57(37-41(3)4)63(89)78-47(11)66(92)85(16)56(39-49-27-31-50(74)32-28-49)67(93)83(14)40-58(87)81-60)55(86(17)72(99)100)25-21-20-23-52(84(15)71(97)98)38-48-29-33-51(34-30-48)79-62(88)54(24-22-36-77-70(76)96)80-64(90)59(75)42(5)6/h19,26-34,41-43,46-47,52-57,59-61H,18,20-25,35-40,75H2,1-17H3,(H,78,89)(H,79,88)(H,80,90)(H,81,87)(H,82,91)(H,97,98)(H,99,100)(H3,76,77,96)/b44-19+,45-26+/t43-,46+,47+,52-,53+,54+,55-,56-,57-,59+,60+,61-/m1/s1. The third-order valence-electron chi connectivity index (χ3n) is 19.0.